The number of benzene rings is 1. The second-order valence-electron chi connectivity index (χ2n) is 3.16. The third-order valence-corrected chi connectivity index (χ3v) is 2.12. The van der Waals surface area contributed by atoms with Crippen molar-refractivity contribution < 1.29 is 24.6 Å². The summed E-state index contributed by atoms with van der Waals surface area (Å²) in [4.78, 5) is 30.9. The van der Waals surface area contributed by atoms with Crippen LogP contribution in [-0.2, 0) is 9.53 Å². The standard InChI is InChI=1S/C9H7N3O7/c1-19-9(13)8(10-14)6-3-2-5(11(15)16)4-7(6)12(17)18/h2-4,14H,1H3/b10-8+. The van der Waals surface area contributed by atoms with Gasteiger partial charge in [0.1, 0.15) is 0 Å². The van der Waals surface area contributed by atoms with Crippen LogP contribution in [0, 0.1) is 20.2 Å². The van der Waals surface area contributed by atoms with Gasteiger partial charge in [-0.1, -0.05) is 5.16 Å². The van der Waals surface area contributed by atoms with Crippen molar-refractivity contribution in [1.82, 2.24) is 0 Å². The number of nitro groups is 2. The molecule has 0 fully saturated rings. The van der Waals surface area contributed by atoms with E-state index < -0.39 is 32.9 Å². The third kappa shape index (κ3) is 2.80. The first kappa shape index (κ1) is 14.0. The van der Waals surface area contributed by atoms with Crippen LogP contribution in [0.1, 0.15) is 5.56 Å². The minimum atomic E-state index is -1.11. The normalized spacial score (nSPS) is 10.9. The summed E-state index contributed by atoms with van der Waals surface area (Å²) in [6, 6.07) is 2.53. The molecule has 0 spiro atoms. The smallest absolute Gasteiger partial charge is 0.361 e. The van der Waals surface area contributed by atoms with Crippen LogP contribution in [0.15, 0.2) is 23.4 Å². The number of esters is 1. The zero-order valence-corrected chi connectivity index (χ0v) is 9.47. The number of carbonyl (C=O) groups excluding carboxylic acids is 1. The fraction of sp³-hybridized carbons (Fsp3) is 0.111. The molecule has 1 N–H and O–H groups in total. The number of ether oxygens (including phenoxy) is 1. The summed E-state index contributed by atoms with van der Waals surface area (Å²) in [7, 11) is 0.991. The van der Waals surface area contributed by atoms with E-state index in [1.54, 1.807) is 0 Å². The zero-order valence-electron chi connectivity index (χ0n) is 9.47. The van der Waals surface area contributed by atoms with Crippen LogP contribution in [0.4, 0.5) is 11.4 Å². The first-order valence-corrected chi connectivity index (χ1v) is 4.66. The van der Waals surface area contributed by atoms with E-state index in [4.69, 9.17) is 5.21 Å². The largest absolute Gasteiger partial charge is 0.464 e. The number of methoxy groups -OCH3 is 1. The van der Waals surface area contributed by atoms with E-state index in [9.17, 15) is 25.0 Å². The summed E-state index contributed by atoms with van der Waals surface area (Å²) in [6.45, 7) is 0. The Morgan fingerprint density at radius 3 is 2.37 bits per heavy atom. The minimum absolute atomic E-state index is 0.384. The van der Waals surface area contributed by atoms with Gasteiger partial charge < -0.3 is 9.94 Å². The van der Waals surface area contributed by atoms with Crippen molar-refractivity contribution in [3.05, 3.63) is 44.0 Å². The molecule has 0 aliphatic rings. The number of nitro benzene ring substituents is 2. The lowest BCUT2D eigenvalue weighted by atomic mass is 10.1. The summed E-state index contributed by atoms with van der Waals surface area (Å²) in [5, 5.41) is 32.7. The molecule has 0 atom stereocenters. The SMILES string of the molecule is COC(=O)/C(=N/O)c1ccc([N+](=O)[O-])cc1[N+](=O)[O-]. The van der Waals surface area contributed by atoms with Gasteiger partial charge in [0.15, 0.2) is 0 Å². The number of rotatable bonds is 4. The molecule has 0 aliphatic heterocycles. The average molecular weight is 269 g/mol. The van der Waals surface area contributed by atoms with Gasteiger partial charge >= 0.3 is 5.97 Å². The number of hydrogen-bond acceptors (Lipinski definition) is 8. The Morgan fingerprint density at radius 1 is 1.32 bits per heavy atom. The Morgan fingerprint density at radius 2 is 1.95 bits per heavy atom. The first-order chi connectivity index (χ1) is 8.92. The van der Waals surface area contributed by atoms with E-state index in [-0.39, 0.29) is 5.56 Å². The second kappa shape index (κ2) is 5.53. The Bertz CT molecular complexity index is 581. The summed E-state index contributed by atoms with van der Waals surface area (Å²) in [6.07, 6.45) is 0. The van der Waals surface area contributed by atoms with E-state index in [0.29, 0.717) is 6.07 Å². The van der Waals surface area contributed by atoms with Crippen molar-refractivity contribution in [3.8, 4) is 0 Å². The van der Waals surface area contributed by atoms with E-state index in [1.807, 2.05) is 0 Å². The number of nitrogens with zero attached hydrogens (tertiary/aromatic N) is 3. The first-order valence-electron chi connectivity index (χ1n) is 4.66. The maximum atomic E-state index is 11.3. The van der Waals surface area contributed by atoms with Gasteiger partial charge in [-0.25, -0.2) is 4.79 Å². The molecule has 19 heavy (non-hydrogen) atoms. The Labute approximate surface area is 105 Å². The van der Waals surface area contributed by atoms with Gasteiger partial charge in [-0.15, -0.1) is 0 Å². The quantitative estimate of drug-likeness (QED) is 0.280. The molecule has 1 aromatic rings. The summed E-state index contributed by atoms with van der Waals surface area (Å²) < 4.78 is 4.28. The van der Waals surface area contributed by atoms with Crippen LogP contribution >= 0.6 is 0 Å². The second-order valence-corrected chi connectivity index (χ2v) is 3.16. The van der Waals surface area contributed by atoms with E-state index in [2.05, 4.69) is 9.89 Å². The zero-order chi connectivity index (χ0) is 14.6. The molecule has 1 rings (SSSR count). The van der Waals surface area contributed by atoms with Gasteiger partial charge in [0.05, 0.1) is 28.6 Å². The fourth-order valence-corrected chi connectivity index (χ4v) is 1.29. The molecule has 0 radical (unpaired) electrons. The van der Waals surface area contributed by atoms with Crippen molar-refractivity contribution in [1.29, 1.82) is 0 Å². The molecule has 0 aromatic heterocycles. The number of carbonyl (C=O) groups is 1. The number of non-ortho nitro benzene ring substituents is 1. The van der Waals surface area contributed by atoms with E-state index in [0.717, 1.165) is 19.2 Å². The molecular weight excluding hydrogens is 262 g/mol. The number of oxime groups is 1. The lowest BCUT2D eigenvalue weighted by Crippen LogP contribution is -2.18. The summed E-state index contributed by atoms with van der Waals surface area (Å²) >= 11 is 0. The van der Waals surface area contributed by atoms with Crippen LogP contribution in [0.5, 0.6) is 0 Å². The maximum Gasteiger partial charge on any atom is 0.361 e. The van der Waals surface area contributed by atoms with Gasteiger partial charge in [-0.2, -0.15) is 0 Å². The molecule has 0 aliphatic carbocycles. The van der Waals surface area contributed by atoms with Crippen molar-refractivity contribution in [3.63, 3.8) is 0 Å². The lowest BCUT2D eigenvalue weighted by molar-refractivity contribution is -0.394. The maximum absolute atomic E-state index is 11.3. The Kier molecular flexibility index (Phi) is 4.08. The van der Waals surface area contributed by atoms with Crippen molar-refractivity contribution >= 4 is 23.1 Å². The fourth-order valence-electron chi connectivity index (χ4n) is 1.29. The van der Waals surface area contributed by atoms with Gasteiger partial charge in [-0.05, 0) is 6.07 Å². The van der Waals surface area contributed by atoms with Crippen LogP contribution in [-0.4, -0.2) is 33.8 Å². The lowest BCUT2D eigenvalue weighted by Gasteiger charge is -2.03. The molecule has 0 amide bonds. The molecule has 0 heterocycles. The molecule has 0 bridgehead atoms. The highest BCUT2D eigenvalue weighted by atomic mass is 16.6. The van der Waals surface area contributed by atoms with Crippen LogP contribution in [0.3, 0.4) is 0 Å². The Balaban J connectivity index is 3.47. The van der Waals surface area contributed by atoms with Crippen LogP contribution in [0.25, 0.3) is 0 Å². The van der Waals surface area contributed by atoms with E-state index in [1.165, 1.54) is 0 Å². The van der Waals surface area contributed by atoms with Gasteiger partial charge in [0, 0.05) is 6.07 Å². The van der Waals surface area contributed by atoms with Gasteiger partial charge in [0.25, 0.3) is 11.4 Å². The highest BCUT2D eigenvalue weighted by Gasteiger charge is 2.27. The van der Waals surface area contributed by atoms with Crippen molar-refractivity contribution in [2.24, 2.45) is 5.16 Å². The molecule has 0 saturated carbocycles. The molecule has 0 unspecified atom stereocenters. The van der Waals surface area contributed by atoms with Gasteiger partial charge in [0.2, 0.25) is 5.71 Å². The minimum Gasteiger partial charge on any atom is -0.464 e. The summed E-state index contributed by atoms with van der Waals surface area (Å²) in [5.74, 6) is -1.11. The van der Waals surface area contributed by atoms with Gasteiger partial charge in [-0.3, -0.25) is 20.2 Å². The topological polar surface area (TPSA) is 145 Å². The molecule has 0 saturated heterocycles. The number of hydrogen-bond donors (Lipinski definition) is 1. The molecule has 10 nitrogen and oxygen atoms in total. The molecular formula is C9H7N3O7. The molecule has 1 aromatic carbocycles. The summed E-state index contributed by atoms with van der Waals surface area (Å²) in [5.41, 5.74) is -2.38. The monoisotopic (exact) mass is 269 g/mol. The van der Waals surface area contributed by atoms with E-state index >= 15 is 0 Å². The van der Waals surface area contributed by atoms with Crippen molar-refractivity contribution in [2.75, 3.05) is 7.11 Å². The predicted octanol–water partition coefficient (Wildman–Crippen LogP) is 0.854. The highest BCUT2D eigenvalue weighted by molar-refractivity contribution is 6.44. The third-order valence-electron chi connectivity index (χ3n) is 2.12. The van der Waals surface area contributed by atoms with Crippen LogP contribution in [0.2, 0.25) is 0 Å². The Hall–Kier alpha value is -3.04. The highest BCUT2D eigenvalue weighted by Crippen LogP contribution is 2.25. The van der Waals surface area contributed by atoms with Crippen molar-refractivity contribution in [2.45, 2.75) is 0 Å². The molecule has 10 heteroatoms. The molecule has 100 valence electrons. The van der Waals surface area contributed by atoms with Crippen LogP contribution < -0.4 is 0 Å². The average Bonchev–Trinajstić information content (AvgIpc) is 2.39. The predicted molar refractivity (Wildman–Crippen MR) is 60.1 cm³/mol.